The Balaban J connectivity index is 1.91. The minimum absolute atomic E-state index is 0.219. The van der Waals surface area contributed by atoms with Crippen LogP contribution in [0, 0.1) is 0 Å². The van der Waals surface area contributed by atoms with Gasteiger partial charge in [-0.05, 0) is 59.9 Å². The summed E-state index contributed by atoms with van der Waals surface area (Å²) in [6.07, 6.45) is 4.72. The van der Waals surface area contributed by atoms with E-state index in [4.69, 9.17) is 0 Å². The molecule has 1 atom stereocenters. The second-order valence-electron chi connectivity index (χ2n) is 6.90. The highest BCUT2D eigenvalue weighted by molar-refractivity contribution is 5.81. The Kier molecular flexibility index (Phi) is 4.12. The van der Waals surface area contributed by atoms with Gasteiger partial charge in [0.2, 0.25) is 0 Å². The van der Waals surface area contributed by atoms with Gasteiger partial charge in [-0.15, -0.1) is 0 Å². The molecular weight excluding hydrogens is 224 g/mol. The van der Waals surface area contributed by atoms with Crippen molar-refractivity contribution in [3.05, 3.63) is 0 Å². The monoisotopic (exact) mass is 252 g/mol. The predicted octanol–water partition coefficient (Wildman–Crippen LogP) is 2.30. The molecule has 0 radical (unpaired) electrons. The summed E-state index contributed by atoms with van der Waals surface area (Å²) in [4.78, 5) is 16.7. The van der Waals surface area contributed by atoms with Crippen molar-refractivity contribution in [2.45, 2.75) is 71.0 Å². The minimum Gasteiger partial charge on any atom is -0.298 e. The summed E-state index contributed by atoms with van der Waals surface area (Å²) in [5, 5.41) is 0. The van der Waals surface area contributed by atoms with Gasteiger partial charge in [0.25, 0.3) is 0 Å². The third-order valence-corrected chi connectivity index (χ3v) is 4.65. The molecule has 0 aromatic heterocycles. The van der Waals surface area contributed by atoms with Crippen LogP contribution in [-0.4, -0.2) is 52.8 Å². The fraction of sp³-hybridized carbons (Fsp3) is 0.933. The first-order valence-corrected chi connectivity index (χ1v) is 7.41. The van der Waals surface area contributed by atoms with Crippen molar-refractivity contribution in [3.63, 3.8) is 0 Å². The highest BCUT2D eigenvalue weighted by Gasteiger charge is 2.36. The second-order valence-corrected chi connectivity index (χ2v) is 6.90. The number of nitrogens with zero attached hydrogens (tertiary/aromatic N) is 2. The summed E-state index contributed by atoms with van der Waals surface area (Å²) in [5.74, 6) is 0.366. The van der Waals surface area contributed by atoms with Gasteiger partial charge in [-0.3, -0.25) is 14.6 Å². The average Bonchev–Trinajstić information content (AvgIpc) is 2.77. The number of piperidine rings is 1. The summed E-state index contributed by atoms with van der Waals surface area (Å²) in [7, 11) is 0. The lowest BCUT2D eigenvalue weighted by Crippen LogP contribution is -2.52. The average molecular weight is 252 g/mol. The van der Waals surface area contributed by atoms with E-state index in [-0.39, 0.29) is 11.6 Å². The number of ketones is 1. The maximum absolute atomic E-state index is 11.7. The molecular formula is C15H28N2O. The van der Waals surface area contributed by atoms with Crippen LogP contribution in [0.5, 0.6) is 0 Å². The van der Waals surface area contributed by atoms with Crippen LogP contribution in [0.4, 0.5) is 0 Å². The van der Waals surface area contributed by atoms with Crippen molar-refractivity contribution in [2.24, 2.45) is 0 Å². The van der Waals surface area contributed by atoms with Gasteiger partial charge in [-0.25, -0.2) is 0 Å². The maximum Gasteiger partial charge on any atom is 0.146 e. The van der Waals surface area contributed by atoms with Gasteiger partial charge in [-0.1, -0.05) is 0 Å². The largest absolute Gasteiger partial charge is 0.298 e. The zero-order chi connectivity index (χ0) is 13.3. The van der Waals surface area contributed by atoms with Crippen LogP contribution in [0.2, 0.25) is 0 Å². The fourth-order valence-electron chi connectivity index (χ4n) is 3.53. The van der Waals surface area contributed by atoms with Crippen molar-refractivity contribution in [2.75, 3.05) is 19.6 Å². The molecule has 2 aliphatic heterocycles. The third-order valence-electron chi connectivity index (χ3n) is 4.65. The van der Waals surface area contributed by atoms with Crippen LogP contribution >= 0.6 is 0 Å². The number of likely N-dealkylation sites (tertiary alicyclic amines) is 2. The third kappa shape index (κ3) is 2.94. The van der Waals surface area contributed by atoms with E-state index in [9.17, 15) is 4.79 Å². The van der Waals surface area contributed by atoms with Crippen molar-refractivity contribution >= 4 is 5.78 Å². The van der Waals surface area contributed by atoms with Crippen LogP contribution in [0.25, 0.3) is 0 Å². The van der Waals surface area contributed by atoms with Crippen LogP contribution in [-0.2, 0) is 4.79 Å². The second kappa shape index (κ2) is 5.30. The molecule has 3 heteroatoms. The van der Waals surface area contributed by atoms with Gasteiger partial charge < -0.3 is 0 Å². The lowest BCUT2D eigenvalue weighted by Gasteiger charge is -2.44. The number of Topliss-reactive ketones (excluding diaryl/α,β-unsaturated/α-hetero) is 1. The first-order chi connectivity index (χ1) is 8.39. The number of rotatable bonds is 2. The molecule has 0 aromatic rings. The molecule has 0 unspecified atom stereocenters. The Morgan fingerprint density at radius 1 is 1.06 bits per heavy atom. The molecule has 0 saturated carbocycles. The van der Waals surface area contributed by atoms with E-state index in [1.54, 1.807) is 6.92 Å². The van der Waals surface area contributed by atoms with Crippen LogP contribution in [0.1, 0.15) is 53.4 Å². The molecule has 3 nitrogen and oxygen atoms in total. The zero-order valence-electron chi connectivity index (χ0n) is 12.4. The Morgan fingerprint density at radius 3 is 2.17 bits per heavy atom. The fourth-order valence-corrected chi connectivity index (χ4v) is 3.53. The zero-order valence-corrected chi connectivity index (χ0v) is 12.4. The van der Waals surface area contributed by atoms with Crippen molar-refractivity contribution < 1.29 is 4.79 Å². The lowest BCUT2D eigenvalue weighted by molar-refractivity contribution is -0.122. The van der Waals surface area contributed by atoms with E-state index in [1.165, 1.54) is 32.4 Å². The molecule has 0 aromatic carbocycles. The minimum atomic E-state index is 0.219. The van der Waals surface area contributed by atoms with Gasteiger partial charge >= 0.3 is 0 Å². The molecule has 0 N–H and O–H groups in total. The number of carbonyl (C=O) groups excluding carboxylic acids is 1. The summed E-state index contributed by atoms with van der Waals surface area (Å²) in [6, 6.07) is 0.858. The van der Waals surface area contributed by atoms with Crippen molar-refractivity contribution in [1.29, 1.82) is 0 Å². The van der Waals surface area contributed by atoms with Crippen molar-refractivity contribution in [1.82, 2.24) is 9.80 Å². The molecule has 18 heavy (non-hydrogen) atoms. The van der Waals surface area contributed by atoms with Gasteiger partial charge in [-0.2, -0.15) is 0 Å². The van der Waals surface area contributed by atoms with Gasteiger partial charge in [0.15, 0.2) is 0 Å². The number of hydrogen-bond donors (Lipinski definition) is 0. The molecule has 2 heterocycles. The van der Waals surface area contributed by atoms with Gasteiger partial charge in [0.05, 0.1) is 6.04 Å². The molecule has 0 spiro atoms. The normalized spacial score (nSPS) is 28.8. The molecule has 2 rings (SSSR count). The van der Waals surface area contributed by atoms with E-state index in [0.29, 0.717) is 11.8 Å². The lowest BCUT2D eigenvalue weighted by atomic mass is 9.96. The Morgan fingerprint density at radius 2 is 1.67 bits per heavy atom. The summed E-state index contributed by atoms with van der Waals surface area (Å²) >= 11 is 0. The Labute approximate surface area is 112 Å². The molecule has 0 aliphatic carbocycles. The van der Waals surface area contributed by atoms with Crippen LogP contribution < -0.4 is 0 Å². The molecule has 0 amide bonds. The highest BCUT2D eigenvalue weighted by Crippen LogP contribution is 2.28. The quantitative estimate of drug-likeness (QED) is 0.753. The first-order valence-electron chi connectivity index (χ1n) is 7.41. The molecule has 2 fully saturated rings. The van der Waals surface area contributed by atoms with Crippen LogP contribution in [0.3, 0.4) is 0 Å². The first kappa shape index (κ1) is 14.0. The number of hydrogen-bond acceptors (Lipinski definition) is 3. The highest BCUT2D eigenvalue weighted by atomic mass is 16.1. The van der Waals surface area contributed by atoms with E-state index < -0.39 is 0 Å². The topological polar surface area (TPSA) is 23.6 Å². The SMILES string of the molecule is CC(=O)[C@@H]1CCCN1C1CCN(C(C)(C)C)CC1. The standard InChI is InChI=1S/C15H28N2O/c1-12(18)14-6-5-9-17(14)13-7-10-16(11-8-13)15(2,3)4/h13-14H,5-11H2,1-4H3/t14-/m0/s1. The Bertz CT molecular complexity index is 300. The van der Waals surface area contributed by atoms with Crippen LogP contribution in [0.15, 0.2) is 0 Å². The van der Waals surface area contributed by atoms with E-state index >= 15 is 0 Å². The predicted molar refractivity (Wildman–Crippen MR) is 74.8 cm³/mol. The van der Waals surface area contributed by atoms with E-state index in [1.807, 2.05) is 0 Å². The number of carbonyl (C=O) groups is 1. The summed E-state index contributed by atoms with van der Waals surface area (Å²) in [5.41, 5.74) is 0.288. The molecule has 0 bridgehead atoms. The van der Waals surface area contributed by atoms with Crippen molar-refractivity contribution in [3.8, 4) is 0 Å². The molecule has 104 valence electrons. The molecule has 2 saturated heterocycles. The summed E-state index contributed by atoms with van der Waals surface area (Å²) < 4.78 is 0. The Hall–Kier alpha value is -0.410. The smallest absolute Gasteiger partial charge is 0.146 e. The maximum atomic E-state index is 11.7. The van der Waals surface area contributed by atoms with E-state index in [0.717, 1.165) is 13.0 Å². The van der Waals surface area contributed by atoms with Gasteiger partial charge in [0.1, 0.15) is 5.78 Å². The van der Waals surface area contributed by atoms with E-state index in [2.05, 4.69) is 30.6 Å². The van der Waals surface area contributed by atoms with Gasteiger partial charge in [0, 0.05) is 24.7 Å². The molecule has 2 aliphatic rings. The summed E-state index contributed by atoms with van der Waals surface area (Å²) in [6.45, 7) is 12.1.